The third kappa shape index (κ3) is 4.23. The van der Waals surface area contributed by atoms with Crippen LogP contribution < -0.4 is 10.1 Å². The number of piperazine rings is 1. The first-order chi connectivity index (χ1) is 11.7. The third-order valence-electron chi connectivity index (χ3n) is 3.58. The summed E-state index contributed by atoms with van der Waals surface area (Å²) in [5.74, 6) is 1.69. The van der Waals surface area contributed by atoms with Crippen LogP contribution in [0.25, 0.3) is 11.5 Å². The summed E-state index contributed by atoms with van der Waals surface area (Å²) >= 11 is 0. The molecule has 1 N–H and O–H groups in total. The lowest BCUT2D eigenvalue weighted by Gasteiger charge is -2.26. The SMILES string of the molecule is Cc1nnc(-c2ccc(OCCOC(=O)N3CCNCC3)cc2)o1. The smallest absolute Gasteiger partial charge is 0.409 e. The number of aromatic nitrogens is 2. The molecule has 3 rings (SSSR count). The van der Waals surface area contributed by atoms with Crippen LogP contribution in [0.1, 0.15) is 5.89 Å². The monoisotopic (exact) mass is 332 g/mol. The molecule has 1 amide bonds. The fourth-order valence-corrected chi connectivity index (χ4v) is 2.33. The molecule has 1 aliphatic heterocycles. The van der Waals surface area contributed by atoms with Crippen molar-refractivity contribution in [1.82, 2.24) is 20.4 Å². The number of hydrogen-bond acceptors (Lipinski definition) is 7. The lowest BCUT2D eigenvalue weighted by Crippen LogP contribution is -2.46. The average molecular weight is 332 g/mol. The molecular formula is C16H20N4O4. The zero-order valence-corrected chi connectivity index (χ0v) is 13.5. The number of carbonyl (C=O) groups excluding carboxylic acids is 1. The second kappa shape index (κ2) is 7.78. The molecule has 0 atom stereocenters. The number of amides is 1. The van der Waals surface area contributed by atoms with Crippen LogP contribution in [0.4, 0.5) is 4.79 Å². The molecule has 0 spiro atoms. The van der Waals surface area contributed by atoms with Gasteiger partial charge in [-0.15, -0.1) is 10.2 Å². The Kier molecular flexibility index (Phi) is 5.27. The molecule has 24 heavy (non-hydrogen) atoms. The van der Waals surface area contributed by atoms with E-state index in [-0.39, 0.29) is 12.7 Å². The van der Waals surface area contributed by atoms with Crippen molar-refractivity contribution in [2.45, 2.75) is 6.92 Å². The minimum Gasteiger partial charge on any atom is -0.490 e. The number of hydrogen-bond donors (Lipinski definition) is 1. The molecule has 0 aliphatic carbocycles. The molecule has 128 valence electrons. The van der Waals surface area contributed by atoms with E-state index in [4.69, 9.17) is 13.9 Å². The summed E-state index contributed by atoms with van der Waals surface area (Å²) in [6.07, 6.45) is -0.290. The quantitative estimate of drug-likeness (QED) is 0.829. The van der Waals surface area contributed by atoms with Gasteiger partial charge in [0.25, 0.3) is 0 Å². The van der Waals surface area contributed by atoms with Crippen molar-refractivity contribution in [3.63, 3.8) is 0 Å². The van der Waals surface area contributed by atoms with E-state index in [1.165, 1.54) is 0 Å². The van der Waals surface area contributed by atoms with Gasteiger partial charge in [0.15, 0.2) is 0 Å². The Morgan fingerprint density at radius 2 is 1.96 bits per heavy atom. The first-order valence-electron chi connectivity index (χ1n) is 7.88. The van der Waals surface area contributed by atoms with Gasteiger partial charge in [0, 0.05) is 38.7 Å². The van der Waals surface area contributed by atoms with Gasteiger partial charge in [-0.2, -0.15) is 0 Å². The fourth-order valence-electron chi connectivity index (χ4n) is 2.33. The van der Waals surface area contributed by atoms with Crippen LogP contribution in [0, 0.1) is 6.92 Å². The third-order valence-corrected chi connectivity index (χ3v) is 3.58. The van der Waals surface area contributed by atoms with Gasteiger partial charge in [-0.3, -0.25) is 0 Å². The van der Waals surface area contributed by atoms with Crippen molar-refractivity contribution in [2.24, 2.45) is 0 Å². The standard InChI is InChI=1S/C16H20N4O4/c1-12-18-19-15(24-12)13-2-4-14(5-3-13)22-10-11-23-16(21)20-8-6-17-7-9-20/h2-5,17H,6-11H2,1H3. The summed E-state index contributed by atoms with van der Waals surface area (Å²) in [5, 5.41) is 10.9. The van der Waals surface area contributed by atoms with Gasteiger partial charge in [-0.25, -0.2) is 4.79 Å². The highest BCUT2D eigenvalue weighted by molar-refractivity contribution is 5.67. The summed E-state index contributed by atoms with van der Waals surface area (Å²) in [5.41, 5.74) is 0.827. The molecular weight excluding hydrogens is 312 g/mol. The van der Waals surface area contributed by atoms with Crippen LogP contribution in [-0.4, -0.2) is 60.6 Å². The first-order valence-corrected chi connectivity index (χ1v) is 7.88. The van der Waals surface area contributed by atoms with E-state index in [2.05, 4.69) is 15.5 Å². The number of carbonyl (C=O) groups is 1. The Morgan fingerprint density at radius 3 is 2.62 bits per heavy atom. The van der Waals surface area contributed by atoms with Gasteiger partial charge in [-0.1, -0.05) is 0 Å². The average Bonchev–Trinajstić information content (AvgIpc) is 3.06. The second-order valence-corrected chi connectivity index (χ2v) is 5.35. The predicted molar refractivity (Wildman–Crippen MR) is 85.8 cm³/mol. The number of nitrogens with one attached hydrogen (secondary N) is 1. The maximum atomic E-state index is 11.8. The van der Waals surface area contributed by atoms with E-state index >= 15 is 0 Å². The van der Waals surface area contributed by atoms with Crippen LogP contribution in [-0.2, 0) is 4.74 Å². The highest BCUT2D eigenvalue weighted by atomic mass is 16.6. The molecule has 8 heteroatoms. The van der Waals surface area contributed by atoms with Crippen molar-refractivity contribution in [1.29, 1.82) is 0 Å². The maximum absolute atomic E-state index is 11.8. The number of ether oxygens (including phenoxy) is 2. The van der Waals surface area contributed by atoms with E-state index in [1.807, 2.05) is 24.3 Å². The number of benzene rings is 1. The van der Waals surface area contributed by atoms with Gasteiger partial charge in [0.1, 0.15) is 19.0 Å². The van der Waals surface area contributed by atoms with E-state index in [9.17, 15) is 4.79 Å². The lowest BCUT2D eigenvalue weighted by molar-refractivity contribution is 0.0844. The predicted octanol–water partition coefficient (Wildman–Crippen LogP) is 1.47. The lowest BCUT2D eigenvalue weighted by atomic mass is 10.2. The molecule has 2 heterocycles. The van der Waals surface area contributed by atoms with E-state index < -0.39 is 0 Å². The van der Waals surface area contributed by atoms with Gasteiger partial charge in [-0.05, 0) is 24.3 Å². The molecule has 2 aromatic rings. The topological polar surface area (TPSA) is 89.7 Å². The molecule has 0 bridgehead atoms. The van der Waals surface area contributed by atoms with Crippen molar-refractivity contribution in [3.05, 3.63) is 30.2 Å². The summed E-state index contributed by atoms with van der Waals surface area (Å²) in [4.78, 5) is 13.5. The minimum absolute atomic E-state index is 0.216. The molecule has 1 fully saturated rings. The summed E-state index contributed by atoms with van der Waals surface area (Å²) in [6.45, 7) is 5.22. The van der Waals surface area contributed by atoms with E-state index in [0.717, 1.165) is 18.7 Å². The normalized spacial score (nSPS) is 14.5. The molecule has 0 saturated carbocycles. The highest BCUT2D eigenvalue weighted by Gasteiger charge is 2.17. The van der Waals surface area contributed by atoms with Crippen molar-refractivity contribution in [3.8, 4) is 17.2 Å². The van der Waals surface area contributed by atoms with Crippen molar-refractivity contribution >= 4 is 6.09 Å². The molecule has 1 aromatic carbocycles. The zero-order valence-electron chi connectivity index (χ0n) is 13.5. The Bertz CT molecular complexity index is 665. The summed E-state index contributed by atoms with van der Waals surface area (Å²) < 4.78 is 16.1. The largest absolute Gasteiger partial charge is 0.490 e. The second-order valence-electron chi connectivity index (χ2n) is 5.35. The number of nitrogens with zero attached hydrogens (tertiary/aromatic N) is 3. The Hall–Kier alpha value is -2.61. The van der Waals surface area contributed by atoms with E-state index in [1.54, 1.807) is 11.8 Å². The summed E-state index contributed by atoms with van der Waals surface area (Å²) in [7, 11) is 0. The highest BCUT2D eigenvalue weighted by Crippen LogP contribution is 2.21. The summed E-state index contributed by atoms with van der Waals surface area (Å²) in [6, 6.07) is 7.31. The van der Waals surface area contributed by atoms with Gasteiger partial charge < -0.3 is 24.1 Å². The molecule has 1 saturated heterocycles. The van der Waals surface area contributed by atoms with Crippen LogP contribution in [0.3, 0.4) is 0 Å². The fraction of sp³-hybridized carbons (Fsp3) is 0.438. The number of aryl methyl sites for hydroxylation is 1. The molecule has 1 aromatic heterocycles. The van der Waals surface area contributed by atoms with E-state index in [0.29, 0.717) is 37.2 Å². The van der Waals surface area contributed by atoms with Crippen molar-refractivity contribution in [2.75, 3.05) is 39.4 Å². The Morgan fingerprint density at radius 1 is 1.21 bits per heavy atom. The molecule has 1 aliphatic rings. The van der Waals surface area contributed by atoms with Crippen LogP contribution in [0.15, 0.2) is 28.7 Å². The van der Waals surface area contributed by atoms with Crippen LogP contribution in [0.5, 0.6) is 5.75 Å². The zero-order chi connectivity index (χ0) is 16.8. The van der Waals surface area contributed by atoms with Crippen LogP contribution in [0.2, 0.25) is 0 Å². The van der Waals surface area contributed by atoms with Crippen LogP contribution >= 0.6 is 0 Å². The van der Waals surface area contributed by atoms with Gasteiger partial charge in [0.05, 0.1) is 0 Å². The van der Waals surface area contributed by atoms with Gasteiger partial charge >= 0.3 is 6.09 Å². The molecule has 0 radical (unpaired) electrons. The molecule has 8 nitrogen and oxygen atoms in total. The maximum Gasteiger partial charge on any atom is 0.409 e. The number of rotatable bonds is 5. The minimum atomic E-state index is -0.290. The van der Waals surface area contributed by atoms with Gasteiger partial charge in [0.2, 0.25) is 11.8 Å². The Balaban J connectivity index is 1.41. The van der Waals surface area contributed by atoms with Crippen molar-refractivity contribution < 1.29 is 18.7 Å². The first kappa shape index (κ1) is 16.3. The Labute approximate surface area is 139 Å². The molecule has 0 unspecified atom stereocenters.